The molecule has 1 atom stereocenters. The predicted molar refractivity (Wildman–Crippen MR) is 102 cm³/mol. The molecule has 1 unspecified atom stereocenters. The Labute approximate surface area is 155 Å². The van der Waals surface area contributed by atoms with E-state index in [0.717, 1.165) is 16.7 Å². The monoisotopic (exact) mass is 354 g/mol. The average Bonchev–Trinajstić information content (AvgIpc) is 2.64. The molecule has 26 heavy (non-hydrogen) atoms. The summed E-state index contributed by atoms with van der Waals surface area (Å²) >= 11 is 0. The van der Waals surface area contributed by atoms with E-state index in [1.807, 2.05) is 62.4 Å². The first-order valence-corrected chi connectivity index (χ1v) is 8.67. The van der Waals surface area contributed by atoms with Crippen molar-refractivity contribution in [1.82, 2.24) is 10.2 Å². The number of benzene rings is 2. The Kier molecular flexibility index (Phi) is 6.78. The summed E-state index contributed by atoms with van der Waals surface area (Å²) in [6.45, 7) is 5.92. The van der Waals surface area contributed by atoms with Crippen molar-refractivity contribution in [3.05, 3.63) is 65.2 Å². The van der Waals surface area contributed by atoms with E-state index >= 15 is 0 Å². The highest BCUT2D eigenvalue weighted by Crippen LogP contribution is 2.16. The Hall–Kier alpha value is -2.82. The fourth-order valence-electron chi connectivity index (χ4n) is 2.70. The molecule has 0 heterocycles. The van der Waals surface area contributed by atoms with Gasteiger partial charge in [0, 0.05) is 13.6 Å². The Balaban J connectivity index is 2.15. The van der Waals surface area contributed by atoms with Crippen LogP contribution in [0.2, 0.25) is 0 Å². The van der Waals surface area contributed by atoms with Gasteiger partial charge in [-0.05, 0) is 49.6 Å². The van der Waals surface area contributed by atoms with Crippen LogP contribution in [0, 0.1) is 13.8 Å². The third kappa shape index (κ3) is 5.09. The first-order valence-electron chi connectivity index (χ1n) is 8.67. The smallest absolute Gasteiger partial charge is 0.261 e. The van der Waals surface area contributed by atoms with Gasteiger partial charge in [-0.2, -0.15) is 0 Å². The van der Waals surface area contributed by atoms with Crippen LogP contribution in [0.4, 0.5) is 0 Å². The summed E-state index contributed by atoms with van der Waals surface area (Å²) < 4.78 is 5.64. The highest BCUT2D eigenvalue weighted by molar-refractivity contribution is 5.87. The maximum absolute atomic E-state index is 12.8. The molecular formula is C21H26N2O3. The second-order valence-electron chi connectivity index (χ2n) is 6.34. The Bertz CT molecular complexity index is 773. The molecule has 2 aromatic carbocycles. The highest BCUT2D eigenvalue weighted by Gasteiger charge is 2.26. The highest BCUT2D eigenvalue weighted by atomic mass is 16.5. The van der Waals surface area contributed by atoms with Crippen molar-refractivity contribution in [1.29, 1.82) is 0 Å². The largest absolute Gasteiger partial charge is 0.484 e. The van der Waals surface area contributed by atoms with Gasteiger partial charge in [-0.25, -0.2) is 0 Å². The first-order chi connectivity index (χ1) is 12.4. The van der Waals surface area contributed by atoms with Crippen LogP contribution in [0.15, 0.2) is 48.5 Å². The maximum Gasteiger partial charge on any atom is 0.261 e. The summed E-state index contributed by atoms with van der Waals surface area (Å²) in [7, 11) is 1.57. The van der Waals surface area contributed by atoms with Gasteiger partial charge in [0.2, 0.25) is 5.91 Å². The molecule has 0 aliphatic carbocycles. The standard InChI is InChI=1S/C21H26N2O3/c1-15-8-7-11-19(12-15)26-14-20(24)23(17(3)21(25)22-4)13-18-10-6-5-9-16(18)2/h5-12,17H,13-14H2,1-4H3,(H,22,25). The lowest BCUT2D eigenvalue weighted by atomic mass is 10.1. The van der Waals surface area contributed by atoms with Crippen LogP contribution in [0.5, 0.6) is 5.75 Å². The van der Waals surface area contributed by atoms with E-state index in [1.165, 1.54) is 0 Å². The topological polar surface area (TPSA) is 58.6 Å². The molecule has 0 saturated carbocycles. The average molecular weight is 354 g/mol. The molecular weight excluding hydrogens is 328 g/mol. The van der Waals surface area contributed by atoms with Crippen LogP contribution in [0.1, 0.15) is 23.6 Å². The number of hydrogen-bond donors (Lipinski definition) is 1. The van der Waals surface area contributed by atoms with Crippen LogP contribution in [-0.4, -0.2) is 36.4 Å². The van der Waals surface area contributed by atoms with Gasteiger partial charge in [-0.15, -0.1) is 0 Å². The normalized spacial score (nSPS) is 11.5. The summed E-state index contributed by atoms with van der Waals surface area (Å²) in [4.78, 5) is 26.5. The minimum atomic E-state index is -0.590. The third-order valence-electron chi connectivity index (χ3n) is 4.37. The van der Waals surface area contributed by atoms with Gasteiger partial charge in [-0.1, -0.05) is 36.4 Å². The van der Waals surface area contributed by atoms with Gasteiger partial charge >= 0.3 is 0 Å². The first kappa shape index (κ1) is 19.5. The summed E-state index contributed by atoms with van der Waals surface area (Å²) in [6, 6.07) is 14.8. The third-order valence-corrected chi connectivity index (χ3v) is 4.37. The number of likely N-dealkylation sites (N-methyl/N-ethyl adjacent to an activating group) is 1. The van der Waals surface area contributed by atoms with E-state index in [-0.39, 0.29) is 18.4 Å². The Morgan fingerprint density at radius 1 is 1.12 bits per heavy atom. The number of carbonyl (C=O) groups is 2. The fourth-order valence-corrected chi connectivity index (χ4v) is 2.70. The van der Waals surface area contributed by atoms with E-state index in [2.05, 4.69) is 5.32 Å². The second kappa shape index (κ2) is 9.04. The number of hydrogen-bond acceptors (Lipinski definition) is 3. The molecule has 2 aromatic rings. The van der Waals surface area contributed by atoms with Crippen molar-refractivity contribution in [2.75, 3.05) is 13.7 Å². The molecule has 0 saturated heterocycles. The summed E-state index contributed by atoms with van der Waals surface area (Å²) in [5, 5.41) is 2.61. The van der Waals surface area contributed by atoms with Gasteiger partial charge in [0.05, 0.1) is 0 Å². The fraction of sp³-hybridized carbons (Fsp3) is 0.333. The van der Waals surface area contributed by atoms with E-state index < -0.39 is 6.04 Å². The van der Waals surface area contributed by atoms with Crippen LogP contribution >= 0.6 is 0 Å². The molecule has 0 radical (unpaired) electrons. The number of ether oxygens (including phenoxy) is 1. The van der Waals surface area contributed by atoms with Crippen molar-refractivity contribution >= 4 is 11.8 Å². The molecule has 5 nitrogen and oxygen atoms in total. The quantitative estimate of drug-likeness (QED) is 0.832. The van der Waals surface area contributed by atoms with Crippen molar-refractivity contribution in [2.24, 2.45) is 0 Å². The molecule has 0 spiro atoms. The van der Waals surface area contributed by atoms with Crippen molar-refractivity contribution in [2.45, 2.75) is 33.4 Å². The number of nitrogens with one attached hydrogen (secondary N) is 1. The van der Waals surface area contributed by atoms with E-state index in [1.54, 1.807) is 18.9 Å². The maximum atomic E-state index is 12.8. The number of aryl methyl sites for hydroxylation is 2. The zero-order valence-electron chi connectivity index (χ0n) is 15.8. The summed E-state index contributed by atoms with van der Waals surface area (Å²) in [5.74, 6) is 0.204. The second-order valence-corrected chi connectivity index (χ2v) is 6.34. The van der Waals surface area contributed by atoms with E-state index in [0.29, 0.717) is 12.3 Å². The predicted octanol–water partition coefficient (Wildman–Crippen LogP) is 2.85. The zero-order valence-corrected chi connectivity index (χ0v) is 15.8. The molecule has 1 N–H and O–H groups in total. The summed E-state index contributed by atoms with van der Waals surface area (Å²) in [5.41, 5.74) is 3.15. The Morgan fingerprint density at radius 3 is 2.50 bits per heavy atom. The van der Waals surface area contributed by atoms with Crippen LogP contribution in [0.25, 0.3) is 0 Å². The van der Waals surface area contributed by atoms with Crippen molar-refractivity contribution in [3.8, 4) is 5.75 Å². The van der Waals surface area contributed by atoms with E-state index in [4.69, 9.17) is 4.74 Å². The van der Waals surface area contributed by atoms with Gasteiger partial charge in [-0.3, -0.25) is 9.59 Å². The lowest BCUT2D eigenvalue weighted by Crippen LogP contribution is -2.48. The minimum Gasteiger partial charge on any atom is -0.484 e. The van der Waals surface area contributed by atoms with Gasteiger partial charge in [0.15, 0.2) is 6.61 Å². The molecule has 2 amide bonds. The summed E-state index contributed by atoms with van der Waals surface area (Å²) in [6.07, 6.45) is 0. The van der Waals surface area contributed by atoms with Crippen molar-refractivity contribution < 1.29 is 14.3 Å². The van der Waals surface area contributed by atoms with E-state index in [9.17, 15) is 9.59 Å². The van der Waals surface area contributed by atoms with Crippen molar-refractivity contribution in [3.63, 3.8) is 0 Å². The number of rotatable bonds is 7. The molecule has 0 bridgehead atoms. The number of carbonyl (C=O) groups excluding carboxylic acids is 2. The minimum absolute atomic E-state index is 0.114. The zero-order chi connectivity index (χ0) is 19.1. The molecule has 2 rings (SSSR count). The van der Waals surface area contributed by atoms with Gasteiger partial charge < -0.3 is 15.0 Å². The number of nitrogens with zero attached hydrogens (tertiary/aromatic N) is 1. The van der Waals surface area contributed by atoms with Crippen LogP contribution in [-0.2, 0) is 16.1 Å². The molecule has 0 aliphatic rings. The van der Waals surface area contributed by atoms with Crippen LogP contribution < -0.4 is 10.1 Å². The molecule has 0 fully saturated rings. The van der Waals surface area contributed by atoms with Gasteiger partial charge in [0.1, 0.15) is 11.8 Å². The number of amides is 2. The molecule has 0 aromatic heterocycles. The SMILES string of the molecule is CNC(=O)C(C)N(Cc1ccccc1C)C(=O)COc1cccc(C)c1. The molecule has 138 valence electrons. The molecule has 0 aliphatic heterocycles. The lowest BCUT2D eigenvalue weighted by Gasteiger charge is -2.28. The lowest BCUT2D eigenvalue weighted by molar-refractivity contribution is -0.142. The van der Waals surface area contributed by atoms with Crippen LogP contribution in [0.3, 0.4) is 0 Å². The Morgan fingerprint density at radius 2 is 1.85 bits per heavy atom. The molecule has 5 heteroatoms. The van der Waals surface area contributed by atoms with Gasteiger partial charge in [0.25, 0.3) is 5.91 Å².